The van der Waals surface area contributed by atoms with Gasteiger partial charge in [0.2, 0.25) is 10.0 Å². The van der Waals surface area contributed by atoms with Crippen LogP contribution in [0.5, 0.6) is 0 Å². The molecule has 0 bridgehead atoms. The lowest BCUT2D eigenvalue weighted by molar-refractivity contribution is -0.136. The van der Waals surface area contributed by atoms with Crippen LogP contribution < -0.4 is 10.0 Å². The Bertz CT molecular complexity index is 792. The summed E-state index contributed by atoms with van der Waals surface area (Å²) in [5.41, 5.74) is -1.00. The predicted octanol–water partition coefficient (Wildman–Crippen LogP) is 3.39. The zero-order chi connectivity index (χ0) is 17.8. The van der Waals surface area contributed by atoms with E-state index in [1.165, 1.54) is 30.3 Å². The van der Waals surface area contributed by atoms with E-state index >= 15 is 0 Å². The average molecular weight is 360 g/mol. The van der Waals surface area contributed by atoms with Crippen molar-refractivity contribution in [1.29, 1.82) is 0 Å². The normalized spacial score (nSPS) is 12.0. The molecule has 1 aromatic heterocycles. The van der Waals surface area contributed by atoms with Crippen LogP contribution in [0, 0.1) is 0 Å². The van der Waals surface area contributed by atoms with Crippen molar-refractivity contribution in [3.63, 3.8) is 0 Å². The first-order valence-electron chi connectivity index (χ1n) is 6.99. The smallest absolute Gasteiger partial charge is 0.338 e. The molecule has 0 unspecified atom stereocenters. The highest BCUT2D eigenvalue weighted by atomic mass is 32.2. The highest BCUT2D eigenvalue weighted by Gasteiger charge is 2.33. The molecule has 0 saturated heterocycles. The zero-order valence-corrected chi connectivity index (χ0v) is 13.4. The van der Waals surface area contributed by atoms with Crippen LogP contribution in [0.2, 0.25) is 0 Å². The van der Waals surface area contributed by atoms with Crippen LogP contribution in [0.3, 0.4) is 0 Å². The maximum absolute atomic E-state index is 12.9. The Hall–Kier alpha value is -2.36. The minimum Gasteiger partial charge on any atom is -0.338 e. The van der Waals surface area contributed by atoms with Gasteiger partial charge in [-0.2, -0.15) is 13.2 Å². The van der Waals surface area contributed by atoms with E-state index in [0.29, 0.717) is 6.42 Å². The highest BCUT2D eigenvalue weighted by molar-refractivity contribution is 7.92. The number of benzene rings is 1. The first kappa shape index (κ1) is 18.0. The zero-order valence-electron chi connectivity index (χ0n) is 12.6. The summed E-state index contributed by atoms with van der Waals surface area (Å²) >= 11 is 0. The Labute approximate surface area is 137 Å². The maximum atomic E-state index is 12.9. The molecule has 2 rings (SSSR count). The summed E-state index contributed by atoms with van der Waals surface area (Å²) in [4.78, 5) is 0. The summed E-state index contributed by atoms with van der Waals surface area (Å²) in [6, 6.07) is 7.61. The lowest BCUT2D eigenvalue weighted by atomic mass is 10.1. The van der Waals surface area contributed by atoms with Gasteiger partial charge in [0.15, 0.2) is 11.6 Å². The summed E-state index contributed by atoms with van der Waals surface area (Å²) < 4.78 is 64.2. The summed E-state index contributed by atoms with van der Waals surface area (Å²) in [7, 11) is -3.50. The minimum atomic E-state index is -4.51. The van der Waals surface area contributed by atoms with E-state index in [1.807, 2.05) is 0 Å². The van der Waals surface area contributed by atoms with E-state index in [0.717, 1.165) is 6.07 Å². The molecule has 0 saturated carbocycles. The average Bonchev–Trinajstić information content (AvgIpc) is 2.48. The number of nitrogens with zero attached hydrogens (tertiary/aromatic N) is 2. The number of sulfonamides is 1. The van der Waals surface area contributed by atoms with Gasteiger partial charge in [-0.15, -0.1) is 10.2 Å². The fourth-order valence-corrected chi connectivity index (χ4v) is 2.98. The van der Waals surface area contributed by atoms with Gasteiger partial charge < -0.3 is 5.32 Å². The fraction of sp³-hybridized carbons (Fsp3) is 0.286. The number of rotatable bonds is 6. The minimum absolute atomic E-state index is 0.00175. The molecular formula is C14H15F3N4O2S. The number of anilines is 3. The largest absolute Gasteiger partial charge is 0.418 e. The molecule has 1 aromatic carbocycles. The molecule has 0 aliphatic carbocycles. The molecule has 0 fully saturated rings. The van der Waals surface area contributed by atoms with E-state index < -0.39 is 21.8 Å². The van der Waals surface area contributed by atoms with Gasteiger partial charge in [-0.25, -0.2) is 8.42 Å². The Morgan fingerprint density at radius 1 is 1.04 bits per heavy atom. The molecule has 0 aliphatic rings. The van der Waals surface area contributed by atoms with Crippen molar-refractivity contribution in [1.82, 2.24) is 10.2 Å². The summed E-state index contributed by atoms with van der Waals surface area (Å²) in [5.74, 6) is -0.00330. The summed E-state index contributed by atoms with van der Waals surface area (Å²) in [5, 5.41) is 9.86. The molecule has 0 spiro atoms. The number of alkyl halides is 3. The number of aromatic nitrogens is 2. The van der Waals surface area contributed by atoms with Gasteiger partial charge in [0.05, 0.1) is 17.0 Å². The second-order valence-corrected chi connectivity index (χ2v) is 6.73. The van der Waals surface area contributed by atoms with Crippen LogP contribution in [0.1, 0.15) is 18.9 Å². The van der Waals surface area contributed by atoms with E-state index in [-0.39, 0.29) is 23.1 Å². The first-order chi connectivity index (χ1) is 11.2. The van der Waals surface area contributed by atoms with Gasteiger partial charge in [-0.3, -0.25) is 4.72 Å². The van der Waals surface area contributed by atoms with Gasteiger partial charge in [-0.1, -0.05) is 19.1 Å². The van der Waals surface area contributed by atoms with Gasteiger partial charge in [0, 0.05) is 0 Å². The predicted molar refractivity (Wildman–Crippen MR) is 84.5 cm³/mol. The molecule has 2 N–H and O–H groups in total. The monoisotopic (exact) mass is 360 g/mol. The van der Waals surface area contributed by atoms with Gasteiger partial charge in [0.1, 0.15) is 0 Å². The van der Waals surface area contributed by atoms with Gasteiger partial charge in [-0.05, 0) is 30.7 Å². The quantitative estimate of drug-likeness (QED) is 0.825. The second-order valence-electron chi connectivity index (χ2n) is 4.89. The molecule has 1 heterocycles. The third-order valence-electron chi connectivity index (χ3n) is 2.89. The molecule has 0 amide bonds. The Balaban J connectivity index is 2.16. The number of para-hydroxylation sites is 1. The van der Waals surface area contributed by atoms with Crippen LogP contribution in [-0.2, 0) is 16.2 Å². The lowest BCUT2D eigenvalue weighted by Gasteiger charge is -2.13. The Morgan fingerprint density at radius 2 is 1.67 bits per heavy atom. The van der Waals surface area contributed by atoms with Crippen molar-refractivity contribution >= 4 is 27.3 Å². The molecule has 130 valence electrons. The van der Waals surface area contributed by atoms with Crippen LogP contribution in [0.25, 0.3) is 0 Å². The van der Waals surface area contributed by atoms with Crippen LogP contribution in [0.4, 0.5) is 30.5 Å². The highest BCUT2D eigenvalue weighted by Crippen LogP contribution is 2.35. The van der Waals surface area contributed by atoms with Gasteiger partial charge >= 0.3 is 6.18 Å². The number of halogens is 3. The third kappa shape index (κ3) is 4.82. The molecule has 0 aliphatic heterocycles. The van der Waals surface area contributed by atoms with E-state index in [2.05, 4.69) is 20.2 Å². The van der Waals surface area contributed by atoms with Gasteiger partial charge in [0.25, 0.3) is 0 Å². The molecule has 6 nitrogen and oxygen atoms in total. The third-order valence-corrected chi connectivity index (χ3v) is 4.36. The SMILES string of the molecule is CCCS(=O)(=O)Nc1ccc(Nc2ccccc2C(F)(F)F)nn1. The summed E-state index contributed by atoms with van der Waals surface area (Å²) in [6.45, 7) is 1.72. The van der Waals surface area contributed by atoms with Crippen LogP contribution >= 0.6 is 0 Å². The molecule has 24 heavy (non-hydrogen) atoms. The van der Waals surface area contributed by atoms with E-state index in [4.69, 9.17) is 0 Å². The van der Waals surface area contributed by atoms with Crippen LogP contribution in [-0.4, -0.2) is 24.4 Å². The van der Waals surface area contributed by atoms with E-state index in [1.54, 1.807) is 6.92 Å². The molecular weight excluding hydrogens is 345 g/mol. The number of nitrogens with one attached hydrogen (secondary N) is 2. The fourth-order valence-electron chi connectivity index (χ4n) is 1.91. The molecule has 10 heteroatoms. The topological polar surface area (TPSA) is 84.0 Å². The maximum Gasteiger partial charge on any atom is 0.418 e. The number of hydrogen-bond donors (Lipinski definition) is 2. The molecule has 0 atom stereocenters. The van der Waals surface area contributed by atoms with Crippen molar-refractivity contribution in [2.75, 3.05) is 15.8 Å². The molecule has 2 aromatic rings. The van der Waals surface area contributed by atoms with Crippen molar-refractivity contribution in [3.8, 4) is 0 Å². The van der Waals surface area contributed by atoms with Crippen molar-refractivity contribution in [2.45, 2.75) is 19.5 Å². The van der Waals surface area contributed by atoms with Crippen LogP contribution in [0.15, 0.2) is 36.4 Å². The molecule has 0 radical (unpaired) electrons. The first-order valence-corrected chi connectivity index (χ1v) is 8.64. The number of hydrogen-bond acceptors (Lipinski definition) is 5. The van der Waals surface area contributed by atoms with Crippen molar-refractivity contribution in [2.24, 2.45) is 0 Å². The van der Waals surface area contributed by atoms with Crippen molar-refractivity contribution in [3.05, 3.63) is 42.0 Å². The Kier molecular flexibility index (Phi) is 5.27. The van der Waals surface area contributed by atoms with Crippen molar-refractivity contribution < 1.29 is 21.6 Å². The standard InChI is InChI=1S/C14H15F3N4O2S/c1-2-9-24(22,23)21-13-8-7-12(19-20-13)18-11-6-4-3-5-10(11)14(15,16)17/h3-8H,2,9H2,1H3,(H,18,19)(H,20,21). The second kappa shape index (κ2) is 7.04. The van der Waals surface area contributed by atoms with E-state index in [9.17, 15) is 21.6 Å². The lowest BCUT2D eigenvalue weighted by Crippen LogP contribution is -2.17. The Morgan fingerprint density at radius 3 is 2.25 bits per heavy atom. The summed E-state index contributed by atoms with van der Waals surface area (Å²) in [6.07, 6.45) is -4.07.